The van der Waals surface area contributed by atoms with Crippen molar-refractivity contribution in [2.24, 2.45) is 0 Å². The van der Waals surface area contributed by atoms with E-state index >= 15 is 0 Å². The quantitative estimate of drug-likeness (QED) is 0.719. The lowest BCUT2D eigenvalue weighted by Gasteiger charge is -2.22. The van der Waals surface area contributed by atoms with E-state index in [-0.39, 0.29) is 6.04 Å². The number of likely N-dealkylation sites (N-methyl/N-ethyl adjacent to an activating group) is 1. The van der Waals surface area contributed by atoms with Gasteiger partial charge in [-0.05, 0) is 48.7 Å². The van der Waals surface area contributed by atoms with Crippen LogP contribution in [0.25, 0.3) is 0 Å². The summed E-state index contributed by atoms with van der Waals surface area (Å²) in [6.45, 7) is 5.00. The van der Waals surface area contributed by atoms with Crippen molar-refractivity contribution < 1.29 is 0 Å². The van der Waals surface area contributed by atoms with Crippen molar-refractivity contribution in [2.45, 2.75) is 26.3 Å². The van der Waals surface area contributed by atoms with E-state index in [0.29, 0.717) is 10.0 Å². The molecule has 2 aromatic rings. The van der Waals surface area contributed by atoms with Crippen LogP contribution in [0.15, 0.2) is 36.4 Å². The molecule has 0 aromatic heterocycles. The third-order valence-electron chi connectivity index (χ3n) is 3.59. The first-order valence-electron chi connectivity index (χ1n) is 6.95. The Morgan fingerprint density at radius 2 is 1.67 bits per heavy atom. The Morgan fingerprint density at radius 3 is 2.38 bits per heavy atom. The molecule has 0 radical (unpaired) electrons. The SMILES string of the molecule is CCNC(Cc1cccc(Cl)c1Cl)c1cccc(Cl)c1C. The maximum absolute atomic E-state index is 6.31. The molecule has 1 nitrogen and oxygen atoms in total. The lowest BCUT2D eigenvalue weighted by Crippen LogP contribution is -2.24. The number of benzene rings is 2. The second-order valence-corrected chi connectivity index (χ2v) is 6.17. The minimum Gasteiger partial charge on any atom is -0.310 e. The van der Waals surface area contributed by atoms with Crippen LogP contribution in [-0.4, -0.2) is 6.54 Å². The van der Waals surface area contributed by atoms with Crippen LogP contribution in [0.3, 0.4) is 0 Å². The van der Waals surface area contributed by atoms with Gasteiger partial charge in [0.15, 0.2) is 0 Å². The fourth-order valence-corrected chi connectivity index (χ4v) is 3.05. The average molecular weight is 343 g/mol. The van der Waals surface area contributed by atoms with Gasteiger partial charge in [-0.3, -0.25) is 0 Å². The molecule has 0 heterocycles. The summed E-state index contributed by atoms with van der Waals surface area (Å²) < 4.78 is 0. The molecular formula is C17H18Cl3N. The van der Waals surface area contributed by atoms with Crippen LogP contribution in [0.4, 0.5) is 0 Å². The first-order valence-corrected chi connectivity index (χ1v) is 8.09. The molecule has 0 aliphatic heterocycles. The van der Waals surface area contributed by atoms with Crippen molar-refractivity contribution in [1.82, 2.24) is 5.32 Å². The molecule has 4 heteroatoms. The van der Waals surface area contributed by atoms with Gasteiger partial charge in [-0.1, -0.05) is 66.0 Å². The highest BCUT2D eigenvalue weighted by atomic mass is 35.5. The number of hydrogen-bond acceptors (Lipinski definition) is 1. The van der Waals surface area contributed by atoms with Gasteiger partial charge in [-0.2, -0.15) is 0 Å². The van der Waals surface area contributed by atoms with Gasteiger partial charge in [-0.25, -0.2) is 0 Å². The third kappa shape index (κ3) is 3.92. The lowest BCUT2D eigenvalue weighted by molar-refractivity contribution is 0.547. The fraction of sp³-hybridized carbons (Fsp3) is 0.294. The van der Waals surface area contributed by atoms with E-state index in [9.17, 15) is 0 Å². The topological polar surface area (TPSA) is 12.0 Å². The first kappa shape index (κ1) is 16.6. The van der Waals surface area contributed by atoms with E-state index in [4.69, 9.17) is 34.8 Å². The van der Waals surface area contributed by atoms with Crippen LogP contribution in [0, 0.1) is 6.92 Å². The standard InChI is InChI=1S/C17H18Cl3N/c1-3-21-16(13-7-5-8-14(18)11(13)2)10-12-6-4-9-15(19)17(12)20/h4-9,16,21H,3,10H2,1-2H3. The van der Waals surface area contributed by atoms with E-state index < -0.39 is 0 Å². The maximum atomic E-state index is 6.31. The Balaban J connectivity index is 2.35. The highest BCUT2D eigenvalue weighted by Gasteiger charge is 2.17. The van der Waals surface area contributed by atoms with Crippen molar-refractivity contribution in [3.63, 3.8) is 0 Å². The van der Waals surface area contributed by atoms with Crippen LogP contribution < -0.4 is 5.32 Å². The van der Waals surface area contributed by atoms with Crippen LogP contribution in [0.1, 0.15) is 29.7 Å². The molecule has 0 amide bonds. The van der Waals surface area contributed by atoms with Gasteiger partial charge < -0.3 is 5.32 Å². The fourth-order valence-electron chi connectivity index (χ4n) is 2.47. The van der Waals surface area contributed by atoms with Gasteiger partial charge in [0.2, 0.25) is 0 Å². The molecule has 1 N–H and O–H groups in total. The number of hydrogen-bond donors (Lipinski definition) is 1. The predicted molar refractivity (Wildman–Crippen MR) is 92.8 cm³/mol. The normalized spacial score (nSPS) is 12.4. The highest BCUT2D eigenvalue weighted by molar-refractivity contribution is 6.42. The Hall–Kier alpha value is -0.730. The minimum absolute atomic E-state index is 0.157. The lowest BCUT2D eigenvalue weighted by atomic mass is 9.95. The van der Waals surface area contributed by atoms with E-state index in [0.717, 1.165) is 29.1 Å². The zero-order chi connectivity index (χ0) is 15.4. The number of nitrogens with one attached hydrogen (secondary N) is 1. The molecule has 21 heavy (non-hydrogen) atoms. The van der Waals surface area contributed by atoms with Gasteiger partial charge in [0.25, 0.3) is 0 Å². The predicted octanol–water partition coefficient (Wildman–Crippen LogP) is 5.85. The van der Waals surface area contributed by atoms with Crippen LogP contribution in [0.2, 0.25) is 15.1 Å². The van der Waals surface area contributed by atoms with Crippen molar-refractivity contribution in [3.05, 3.63) is 68.2 Å². The summed E-state index contributed by atoms with van der Waals surface area (Å²) in [5, 5.41) is 5.50. The number of rotatable bonds is 5. The largest absolute Gasteiger partial charge is 0.310 e. The Bertz CT molecular complexity index is 625. The van der Waals surface area contributed by atoms with Crippen molar-refractivity contribution in [2.75, 3.05) is 6.54 Å². The minimum atomic E-state index is 0.157. The van der Waals surface area contributed by atoms with Crippen molar-refractivity contribution in [1.29, 1.82) is 0 Å². The zero-order valence-electron chi connectivity index (χ0n) is 12.1. The molecule has 1 atom stereocenters. The molecule has 1 unspecified atom stereocenters. The molecule has 0 saturated carbocycles. The summed E-state index contributed by atoms with van der Waals surface area (Å²) in [6, 6.07) is 11.9. The van der Waals surface area contributed by atoms with Gasteiger partial charge in [0, 0.05) is 11.1 Å². The molecule has 0 aliphatic rings. The third-order valence-corrected chi connectivity index (χ3v) is 4.86. The van der Waals surface area contributed by atoms with Crippen LogP contribution in [0.5, 0.6) is 0 Å². The monoisotopic (exact) mass is 341 g/mol. The first-order chi connectivity index (χ1) is 10.0. The summed E-state index contributed by atoms with van der Waals surface area (Å²) >= 11 is 18.7. The molecule has 2 rings (SSSR count). The van der Waals surface area contributed by atoms with E-state index in [1.54, 1.807) is 6.07 Å². The number of halogens is 3. The van der Waals surface area contributed by atoms with E-state index in [2.05, 4.69) is 18.3 Å². The van der Waals surface area contributed by atoms with Gasteiger partial charge in [-0.15, -0.1) is 0 Å². The molecule has 0 saturated heterocycles. The van der Waals surface area contributed by atoms with Crippen molar-refractivity contribution >= 4 is 34.8 Å². The smallest absolute Gasteiger partial charge is 0.0624 e. The van der Waals surface area contributed by atoms with Gasteiger partial charge in [0.1, 0.15) is 0 Å². The average Bonchev–Trinajstić information content (AvgIpc) is 2.46. The summed E-state index contributed by atoms with van der Waals surface area (Å²) in [5.41, 5.74) is 3.33. The summed E-state index contributed by atoms with van der Waals surface area (Å²) in [4.78, 5) is 0. The Kier molecular flexibility index (Phi) is 5.95. The van der Waals surface area contributed by atoms with Gasteiger partial charge in [0.05, 0.1) is 10.0 Å². The van der Waals surface area contributed by atoms with Crippen LogP contribution in [-0.2, 0) is 6.42 Å². The van der Waals surface area contributed by atoms with Crippen molar-refractivity contribution in [3.8, 4) is 0 Å². The maximum Gasteiger partial charge on any atom is 0.0624 e. The van der Waals surface area contributed by atoms with Crippen LogP contribution >= 0.6 is 34.8 Å². The van der Waals surface area contributed by atoms with E-state index in [1.807, 2.05) is 31.2 Å². The Labute approximate surface area is 141 Å². The second-order valence-electron chi connectivity index (χ2n) is 4.98. The Morgan fingerprint density at radius 1 is 1.00 bits per heavy atom. The molecule has 0 spiro atoms. The highest BCUT2D eigenvalue weighted by Crippen LogP contribution is 2.31. The summed E-state index contributed by atoms with van der Waals surface area (Å²) in [6.07, 6.45) is 0.772. The van der Waals surface area contributed by atoms with E-state index in [1.165, 1.54) is 5.56 Å². The molecular weight excluding hydrogens is 325 g/mol. The molecule has 2 aromatic carbocycles. The molecule has 0 fully saturated rings. The summed E-state index contributed by atoms with van der Waals surface area (Å²) in [5.74, 6) is 0. The molecule has 112 valence electrons. The summed E-state index contributed by atoms with van der Waals surface area (Å²) in [7, 11) is 0. The second kappa shape index (κ2) is 7.51. The molecule has 0 bridgehead atoms. The zero-order valence-corrected chi connectivity index (χ0v) is 14.4. The molecule has 0 aliphatic carbocycles. The van der Waals surface area contributed by atoms with Gasteiger partial charge >= 0.3 is 0 Å².